The molecule has 94 valence electrons. The summed E-state index contributed by atoms with van der Waals surface area (Å²) in [7, 11) is 0. The number of fused-ring (bicyclic) bond motifs is 1. The van der Waals surface area contributed by atoms with Gasteiger partial charge in [-0.3, -0.25) is 4.98 Å². The van der Waals surface area contributed by atoms with Gasteiger partial charge in [0.15, 0.2) is 0 Å². The largest absolute Gasteiger partial charge is 0.324 e. The van der Waals surface area contributed by atoms with Gasteiger partial charge in [-0.2, -0.15) is 0 Å². The molecule has 2 N–H and O–H groups in total. The van der Waals surface area contributed by atoms with Crippen molar-refractivity contribution >= 4 is 10.9 Å². The molecule has 1 aromatic carbocycles. The molecular weight excluding hydrogens is 220 g/mol. The molecule has 1 fully saturated rings. The highest BCUT2D eigenvalue weighted by atomic mass is 14.7. The van der Waals surface area contributed by atoms with Gasteiger partial charge in [-0.25, -0.2) is 0 Å². The van der Waals surface area contributed by atoms with Crippen molar-refractivity contribution in [3.8, 4) is 0 Å². The van der Waals surface area contributed by atoms with E-state index < -0.39 is 0 Å². The fraction of sp³-hybridized carbons (Fsp3) is 0.438. The Labute approximate surface area is 108 Å². The molecule has 1 aromatic heterocycles. The first-order chi connectivity index (χ1) is 8.74. The van der Waals surface area contributed by atoms with Crippen LogP contribution in [-0.2, 0) is 0 Å². The van der Waals surface area contributed by atoms with Crippen LogP contribution in [0, 0.1) is 11.8 Å². The van der Waals surface area contributed by atoms with Gasteiger partial charge in [0.05, 0.1) is 5.52 Å². The minimum absolute atomic E-state index is 0.168. The smallest absolute Gasteiger partial charge is 0.0705 e. The highest BCUT2D eigenvalue weighted by Crippen LogP contribution is 2.37. The maximum atomic E-state index is 6.43. The summed E-state index contributed by atoms with van der Waals surface area (Å²) in [4.78, 5) is 4.41. The lowest BCUT2D eigenvalue weighted by Gasteiger charge is -2.19. The van der Waals surface area contributed by atoms with E-state index in [1.165, 1.54) is 30.2 Å². The van der Waals surface area contributed by atoms with E-state index >= 15 is 0 Å². The lowest BCUT2D eigenvalue weighted by atomic mass is 9.91. The Bertz CT molecular complexity index is 550. The fourth-order valence-corrected chi connectivity index (χ4v) is 3.14. The van der Waals surface area contributed by atoms with Crippen LogP contribution in [-0.4, -0.2) is 4.98 Å². The topological polar surface area (TPSA) is 38.9 Å². The minimum atomic E-state index is 0.168. The lowest BCUT2D eigenvalue weighted by Crippen LogP contribution is -2.19. The van der Waals surface area contributed by atoms with E-state index in [0.29, 0.717) is 5.92 Å². The Balaban J connectivity index is 1.89. The van der Waals surface area contributed by atoms with Crippen molar-refractivity contribution in [3.63, 3.8) is 0 Å². The number of nitrogens with zero attached hydrogens (tertiary/aromatic N) is 1. The molecule has 3 atom stereocenters. The fourth-order valence-electron chi connectivity index (χ4n) is 3.14. The van der Waals surface area contributed by atoms with E-state index in [1.54, 1.807) is 0 Å². The summed E-state index contributed by atoms with van der Waals surface area (Å²) < 4.78 is 0. The van der Waals surface area contributed by atoms with Crippen LogP contribution < -0.4 is 5.73 Å². The zero-order valence-corrected chi connectivity index (χ0v) is 10.8. The van der Waals surface area contributed by atoms with E-state index in [4.69, 9.17) is 5.73 Å². The van der Waals surface area contributed by atoms with Crippen LogP contribution in [0.25, 0.3) is 10.9 Å². The second-order valence-corrected chi connectivity index (χ2v) is 5.66. The molecule has 0 amide bonds. The van der Waals surface area contributed by atoms with Crippen molar-refractivity contribution in [1.82, 2.24) is 4.98 Å². The average molecular weight is 240 g/mol. The normalized spacial score (nSPS) is 25.4. The van der Waals surface area contributed by atoms with Crippen LogP contribution in [0.15, 0.2) is 36.5 Å². The molecule has 1 aliphatic rings. The Morgan fingerprint density at radius 3 is 2.94 bits per heavy atom. The zero-order chi connectivity index (χ0) is 12.5. The number of hydrogen-bond acceptors (Lipinski definition) is 2. The Morgan fingerprint density at radius 2 is 2.17 bits per heavy atom. The Hall–Kier alpha value is -1.41. The molecule has 3 unspecified atom stereocenters. The van der Waals surface area contributed by atoms with Gasteiger partial charge in [0.2, 0.25) is 0 Å². The number of rotatable bonds is 2. The second kappa shape index (κ2) is 4.69. The van der Waals surface area contributed by atoms with E-state index in [2.05, 4.69) is 36.2 Å². The summed E-state index contributed by atoms with van der Waals surface area (Å²) >= 11 is 0. The molecule has 0 aliphatic heterocycles. The van der Waals surface area contributed by atoms with Crippen LogP contribution in [0.3, 0.4) is 0 Å². The van der Waals surface area contributed by atoms with Gasteiger partial charge >= 0.3 is 0 Å². The van der Waals surface area contributed by atoms with E-state index in [9.17, 15) is 0 Å². The van der Waals surface area contributed by atoms with Gasteiger partial charge in [-0.15, -0.1) is 0 Å². The predicted molar refractivity (Wildman–Crippen MR) is 75.2 cm³/mol. The monoisotopic (exact) mass is 240 g/mol. The van der Waals surface area contributed by atoms with Crippen LogP contribution >= 0.6 is 0 Å². The molecule has 1 aliphatic carbocycles. The third-order valence-electron chi connectivity index (χ3n) is 4.26. The molecule has 2 aromatic rings. The maximum Gasteiger partial charge on any atom is 0.0705 e. The molecule has 1 heterocycles. The molecule has 2 nitrogen and oxygen atoms in total. The zero-order valence-electron chi connectivity index (χ0n) is 10.8. The summed E-state index contributed by atoms with van der Waals surface area (Å²) in [6, 6.07) is 10.7. The summed E-state index contributed by atoms with van der Waals surface area (Å²) in [6.07, 6.45) is 5.70. The van der Waals surface area contributed by atoms with Crippen LogP contribution in [0.4, 0.5) is 0 Å². The lowest BCUT2D eigenvalue weighted by molar-refractivity contribution is 0.429. The number of hydrogen-bond donors (Lipinski definition) is 1. The van der Waals surface area contributed by atoms with Crippen molar-refractivity contribution in [2.24, 2.45) is 17.6 Å². The number of pyridine rings is 1. The first-order valence-electron chi connectivity index (χ1n) is 6.84. The summed E-state index contributed by atoms with van der Waals surface area (Å²) in [6.45, 7) is 2.33. The Morgan fingerprint density at radius 1 is 1.28 bits per heavy atom. The van der Waals surface area contributed by atoms with Crippen molar-refractivity contribution < 1.29 is 0 Å². The minimum Gasteiger partial charge on any atom is -0.324 e. The molecular formula is C16H20N2. The highest BCUT2D eigenvalue weighted by Gasteiger charge is 2.27. The van der Waals surface area contributed by atoms with Crippen LogP contribution in [0.1, 0.15) is 37.8 Å². The van der Waals surface area contributed by atoms with E-state index in [-0.39, 0.29) is 6.04 Å². The van der Waals surface area contributed by atoms with Gasteiger partial charge < -0.3 is 5.73 Å². The average Bonchev–Trinajstić information content (AvgIpc) is 2.84. The standard InChI is InChI=1S/C16H20N2/c1-11-4-5-13(9-11)16(17)14-7-6-12-3-2-8-18-15(12)10-14/h2-3,6-8,10-11,13,16H,4-5,9,17H2,1H3. The number of aromatic nitrogens is 1. The number of nitrogens with two attached hydrogens (primary N) is 1. The molecule has 0 bridgehead atoms. The predicted octanol–water partition coefficient (Wildman–Crippen LogP) is 3.67. The summed E-state index contributed by atoms with van der Waals surface area (Å²) in [5, 5.41) is 1.19. The van der Waals surface area contributed by atoms with E-state index in [1.807, 2.05) is 12.3 Å². The van der Waals surface area contributed by atoms with Crippen LogP contribution in [0.2, 0.25) is 0 Å². The van der Waals surface area contributed by atoms with Crippen molar-refractivity contribution in [2.75, 3.05) is 0 Å². The molecule has 1 saturated carbocycles. The molecule has 0 radical (unpaired) electrons. The number of benzene rings is 1. The van der Waals surface area contributed by atoms with Gasteiger partial charge in [0.1, 0.15) is 0 Å². The third-order valence-corrected chi connectivity index (χ3v) is 4.26. The molecule has 0 spiro atoms. The maximum absolute atomic E-state index is 6.43. The first kappa shape index (κ1) is 11.7. The molecule has 2 heteroatoms. The second-order valence-electron chi connectivity index (χ2n) is 5.66. The third kappa shape index (κ3) is 2.13. The summed E-state index contributed by atoms with van der Waals surface area (Å²) in [5.41, 5.74) is 8.71. The SMILES string of the molecule is CC1CCC(C(N)c2ccc3cccnc3c2)C1. The summed E-state index contributed by atoms with van der Waals surface area (Å²) in [5.74, 6) is 1.47. The van der Waals surface area contributed by atoms with Crippen molar-refractivity contribution in [3.05, 3.63) is 42.1 Å². The van der Waals surface area contributed by atoms with Crippen molar-refractivity contribution in [2.45, 2.75) is 32.2 Å². The van der Waals surface area contributed by atoms with Gasteiger partial charge in [-0.05, 0) is 42.4 Å². The first-order valence-corrected chi connectivity index (χ1v) is 6.84. The van der Waals surface area contributed by atoms with Crippen molar-refractivity contribution in [1.29, 1.82) is 0 Å². The molecule has 0 saturated heterocycles. The van der Waals surface area contributed by atoms with E-state index in [0.717, 1.165) is 11.4 Å². The highest BCUT2D eigenvalue weighted by molar-refractivity contribution is 5.78. The quantitative estimate of drug-likeness (QED) is 0.869. The van der Waals surface area contributed by atoms with Gasteiger partial charge in [-0.1, -0.05) is 31.5 Å². The molecule has 3 rings (SSSR count). The van der Waals surface area contributed by atoms with Gasteiger partial charge in [0.25, 0.3) is 0 Å². The molecule has 18 heavy (non-hydrogen) atoms. The Kier molecular flexibility index (Phi) is 3.04. The van der Waals surface area contributed by atoms with Crippen LogP contribution in [0.5, 0.6) is 0 Å². The van der Waals surface area contributed by atoms with Gasteiger partial charge in [0, 0.05) is 17.6 Å².